The Labute approximate surface area is 95.8 Å². The van der Waals surface area contributed by atoms with Crippen molar-refractivity contribution < 1.29 is 36.1 Å². The van der Waals surface area contributed by atoms with Crippen LogP contribution >= 0.6 is 0 Å². The monoisotopic (exact) mass is 220 g/mol. The van der Waals surface area contributed by atoms with Crippen molar-refractivity contribution >= 4 is 20.4 Å². The number of hydrogen-bond donors (Lipinski definition) is 0. The van der Waals surface area contributed by atoms with E-state index in [0.717, 1.165) is 0 Å². The minimum Gasteiger partial charge on any atom is -0.307 e. The summed E-state index contributed by atoms with van der Waals surface area (Å²) in [5, 5.41) is 0. The summed E-state index contributed by atoms with van der Waals surface area (Å²) >= 11 is 0. The van der Waals surface area contributed by atoms with Crippen molar-refractivity contribution in [3.63, 3.8) is 0 Å². The van der Waals surface area contributed by atoms with Gasteiger partial charge in [-0.15, -0.1) is 0 Å². The average Bonchev–Trinajstić information content (AvgIpc) is 2.16. The summed E-state index contributed by atoms with van der Waals surface area (Å²) in [7, 11) is 0. The molecule has 0 radical (unpaired) electrons. The van der Waals surface area contributed by atoms with E-state index in [2.05, 4.69) is 27.0 Å². The molecule has 0 bridgehead atoms. The summed E-state index contributed by atoms with van der Waals surface area (Å²) in [6.45, 7) is 19.0. The molecule has 0 aromatic carbocycles. The van der Waals surface area contributed by atoms with Crippen LogP contribution < -0.4 is 0 Å². The molecule has 0 N–H and O–H groups in total. The molecule has 13 heavy (non-hydrogen) atoms. The van der Waals surface area contributed by atoms with Crippen LogP contribution in [0.5, 0.6) is 0 Å². The zero-order chi connectivity index (χ0) is 11.4. The molecule has 0 saturated heterocycles. The zero-order valence-electron chi connectivity index (χ0n) is 7.83. The molecule has 0 unspecified atom stereocenters. The van der Waals surface area contributed by atoms with Crippen LogP contribution in [0.4, 0.5) is 0 Å². The van der Waals surface area contributed by atoms with Crippen LogP contribution in [-0.2, 0) is 36.1 Å². The van der Waals surface area contributed by atoms with Gasteiger partial charge in [-0.1, -0.05) is 0 Å². The number of carbonyl (C=O) groups excluding carboxylic acids is 3. The normalized spacial score (nSPS) is 2.77. The second-order valence-electron chi connectivity index (χ2n) is 0.577. The largest absolute Gasteiger partial charge is 2.00 e. The van der Waals surface area contributed by atoms with Crippen LogP contribution in [0.1, 0.15) is 0 Å². The van der Waals surface area contributed by atoms with Gasteiger partial charge in [0.15, 0.2) is 0 Å². The van der Waals surface area contributed by atoms with Crippen LogP contribution in [0.3, 0.4) is 0 Å². The number of rotatable bonds is 0. The maximum Gasteiger partial charge on any atom is 2.00 e. The Hall–Kier alpha value is -1.06. The van der Waals surface area contributed by atoms with Gasteiger partial charge in [-0.2, -0.15) is 0 Å². The van der Waals surface area contributed by atoms with Crippen molar-refractivity contribution in [2.75, 3.05) is 0 Å². The number of allylic oxidation sites excluding steroid dienone is 2. The fraction of sp³-hybridized carbons (Fsp3) is 0. The van der Waals surface area contributed by atoms with Crippen molar-refractivity contribution in [3.05, 3.63) is 39.2 Å². The first-order chi connectivity index (χ1) is 5.83. The molecule has 4 heteroatoms. The molecule has 3 nitrogen and oxygen atoms in total. The van der Waals surface area contributed by atoms with E-state index in [1.807, 2.05) is 20.4 Å². The summed E-state index contributed by atoms with van der Waals surface area (Å²) in [6, 6.07) is 0. The van der Waals surface area contributed by atoms with Crippen LogP contribution in [-0.4, -0.2) is 20.4 Å². The summed E-state index contributed by atoms with van der Waals surface area (Å²) in [5.74, 6) is 0. The van der Waals surface area contributed by atoms with Gasteiger partial charge >= 0.3 is 21.7 Å². The van der Waals surface area contributed by atoms with Crippen LogP contribution in [0.2, 0.25) is 0 Å². The quantitative estimate of drug-likeness (QED) is 0.458. The Morgan fingerprint density at radius 3 is 0.692 bits per heavy atom. The maximum absolute atomic E-state index is 8.00. The predicted octanol–water partition coefficient (Wildman–Crippen LogP) is 1.46. The summed E-state index contributed by atoms with van der Waals surface area (Å²) < 4.78 is 0. The summed E-state index contributed by atoms with van der Waals surface area (Å²) in [5.41, 5.74) is 0. The second-order valence-corrected chi connectivity index (χ2v) is 0.577. The van der Waals surface area contributed by atoms with Gasteiger partial charge in [-0.05, 0) is 0 Å². The predicted molar refractivity (Wildman–Crippen MR) is 52.5 cm³/mol. The topological polar surface area (TPSA) is 51.2 Å². The number of hydrogen-bond acceptors (Lipinski definition) is 3. The van der Waals surface area contributed by atoms with E-state index in [9.17, 15) is 0 Å². The van der Waals surface area contributed by atoms with Crippen molar-refractivity contribution in [1.82, 2.24) is 0 Å². The second kappa shape index (κ2) is 1210. The van der Waals surface area contributed by atoms with Crippen molar-refractivity contribution in [3.8, 4) is 0 Å². The van der Waals surface area contributed by atoms with E-state index in [-0.39, 0.29) is 21.7 Å². The average molecular weight is 220 g/mol. The molecule has 0 spiro atoms. The molecule has 0 aliphatic heterocycles. The third-order valence-corrected chi connectivity index (χ3v) is 0. The van der Waals surface area contributed by atoms with Crippen LogP contribution in [0, 0.1) is 13.8 Å². The molecule has 0 aliphatic rings. The van der Waals surface area contributed by atoms with E-state index < -0.39 is 0 Å². The van der Waals surface area contributed by atoms with Gasteiger partial charge in [0.2, 0.25) is 0 Å². The zero-order valence-corrected chi connectivity index (χ0v) is 9.39. The van der Waals surface area contributed by atoms with Crippen LogP contribution in [0.25, 0.3) is 0 Å². The van der Waals surface area contributed by atoms with Crippen molar-refractivity contribution in [2.45, 2.75) is 0 Å². The van der Waals surface area contributed by atoms with E-state index >= 15 is 0 Å². The SMILES string of the molecule is C=C[CH2-].C=C[CH2-].C=O.C=O.C=O.[Ti+2]. The Balaban J connectivity index is -0.0000000118. The third kappa shape index (κ3) is 786. The molecule has 0 rings (SSSR count). The van der Waals surface area contributed by atoms with Gasteiger partial charge in [0.05, 0.1) is 0 Å². The fourth-order valence-corrected chi connectivity index (χ4v) is 0. The summed E-state index contributed by atoms with van der Waals surface area (Å²) in [4.78, 5) is 24.0. The van der Waals surface area contributed by atoms with Gasteiger partial charge in [-0.3, -0.25) is 0 Å². The van der Waals surface area contributed by atoms with Gasteiger partial charge < -0.3 is 14.4 Å². The minimum absolute atomic E-state index is 0. The van der Waals surface area contributed by atoms with Gasteiger partial charge in [0.1, 0.15) is 20.4 Å². The van der Waals surface area contributed by atoms with Crippen molar-refractivity contribution in [1.29, 1.82) is 0 Å². The summed E-state index contributed by atoms with van der Waals surface area (Å²) in [6.07, 6.45) is 3.00. The molecule has 0 fully saturated rings. The third-order valence-electron chi connectivity index (χ3n) is 0. The Kier molecular flexibility index (Phi) is 3780. The Bertz CT molecular complexity index is 57.1. The molecule has 0 heterocycles. The molecule has 0 saturated carbocycles. The molecule has 0 aliphatic carbocycles. The molecule has 74 valence electrons. The number of carbonyl (C=O) groups is 3. The molecule has 0 aromatic rings. The Morgan fingerprint density at radius 2 is 0.692 bits per heavy atom. The molecular formula is C9H16O3Ti. The van der Waals surface area contributed by atoms with E-state index in [0.29, 0.717) is 0 Å². The van der Waals surface area contributed by atoms with Gasteiger partial charge in [0.25, 0.3) is 0 Å². The first-order valence-corrected chi connectivity index (χ1v) is 2.50. The first-order valence-electron chi connectivity index (χ1n) is 2.50. The molecular weight excluding hydrogens is 204 g/mol. The van der Waals surface area contributed by atoms with Gasteiger partial charge in [-0.25, -0.2) is 39.2 Å². The van der Waals surface area contributed by atoms with E-state index in [1.54, 1.807) is 0 Å². The van der Waals surface area contributed by atoms with Crippen LogP contribution in [0.15, 0.2) is 25.3 Å². The molecule has 0 aromatic heterocycles. The fourth-order valence-electron chi connectivity index (χ4n) is 0. The molecule has 0 amide bonds. The maximum atomic E-state index is 8.00. The van der Waals surface area contributed by atoms with E-state index in [1.165, 1.54) is 12.2 Å². The van der Waals surface area contributed by atoms with Crippen molar-refractivity contribution in [2.24, 2.45) is 0 Å². The minimum atomic E-state index is 0. The standard InChI is InChI=1S/2C3H5.3CH2O.Ti/c2*1-3-2;3*1-2;/h2*3H,1-2H2;3*1H2;/q2*-1;;;;+2. The Morgan fingerprint density at radius 1 is 0.692 bits per heavy atom. The smallest absolute Gasteiger partial charge is 0.307 e. The molecule has 0 atom stereocenters. The van der Waals surface area contributed by atoms with E-state index in [4.69, 9.17) is 14.4 Å². The first kappa shape index (κ1) is 40.5. The van der Waals surface area contributed by atoms with Gasteiger partial charge in [0, 0.05) is 0 Å².